The third-order valence-corrected chi connectivity index (χ3v) is 3.12. The van der Waals surface area contributed by atoms with E-state index in [0.717, 1.165) is 19.6 Å². The van der Waals surface area contributed by atoms with Crippen LogP contribution in [0, 0.1) is 5.92 Å². The van der Waals surface area contributed by atoms with Crippen LogP contribution in [0.15, 0.2) is 0 Å². The number of carbonyl (C=O) groups excluding carboxylic acids is 1. The van der Waals surface area contributed by atoms with E-state index in [1.807, 2.05) is 25.7 Å². The zero-order valence-electron chi connectivity index (χ0n) is 12.0. The smallest absolute Gasteiger partial charge is 0.410 e. The van der Waals surface area contributed by atoms with Gasteiger partial charge in [-0.05, 0) is 33.7 Å². The summed E-state index contributed by atoms with van der Waals surface area (Å²) in [4.78, 5) is 16.1. The Morgan fingerprint density at radius 3 is 2.35 bits per heavy atom. The SMILES string of the molecule is CC(C)[C@@H]1CN(C(=O)OC(C)(C)C)CCN1C. The van der Waals surface area contributed by atoms with Gasteiger partial charge in [0, 0.05) is 25.7 Å². The minimum atomic E-state index is -0.409. The summed E-state index contributed by atoms with van der Waals surface area (Å²) in [5.41, 5.74) is -0.409. The summed E-state index contributed by atoms with van der Waals surface area (Å²) in [6.07, 6.45) is -0.184. The molecule has 1 atom stereocenters. The first-order valence-electron chi connectivity index (χ1n) is 6.39. The second kappa shape index (κ2) is 5.25. The van der Waals surface area contributed by atoms with E-state index in [9.17, 15) is 4.79 Å². The number of hydrogen-bond acceptors (Lipinski definition) is 3. The zero-order valence-corrected chi connectivity index (χ0v) is 12.0. The van der Waals surface area contributed by atoms with Crippen molar-refractivity contribution in [3.05, 3.63) is 0 Å². The van der Waals surface area contributed by atoms with Crippen molar-refractivity contribution < 1.29 is 9.53 Å². The van der Waals surface area contributed by atoms with Crippen LogP contribution in [0.3, 0.4) is 0 Å². The summed E-state index contributed by atoms with van der Waals surface area (Å²) in [6, 6.07) is 0.427. The van der Waals surface area contributed by atoms with E-state index in [2.05, 4.69) is 25.8 Å². The molecule has 0 radical (unpaired) electrons. The molecule has 1 rings (SSSR count). The average Bonchev–Trinajstić information content (AvgIpc) is 2.14. The Morgan fingerprint density at radius 2 is 1.88 bits per heavy atom. The summed E-state index contributed by atoms with van der Waals surface area (Å²) in [5, 5.41) is 0. The average molecular weight is 242 g/mol. The van der Waals surface area contributed by atoms with Gasteiger partial charge >= 0.3 is 6.09 Å². The van der Waals surface area contributed by atoms with Crippen LogP contribution in [0.4, 0.5) is 4.79 Å². The second-order valence-electron chi connectivity index (χ2n) is 6.22. The number of amides is 1. The molecule has 100 valence electrons. The lowest BCUT2D eigenvalue weighted by molar-refractivity contribution is 0.00260. The molecule has 1 aliphatic heterocycles. The van der Waals surface area contributed by atoms with Gasteiger partial charge in [0.2, 0.25) is 0 Å². The van der Waals surface area contributed by atoms with Crippen molar-refractivity contribution in [1.29, 1.82) is 0 Å². The Balaban J connectivity index is 2.59. The van der Waals surface area contributed by atoms with Crippen LogP contribution < -0.4 is 0 Å². The van der Waals surface area contributed by atoms with E-state index in [-0.39, 0.29) is 6.09 Å². The molecule has 1 amide bonds. The highest BCUT2D eigenvalue weighted by molar-refractivity contribution is 5.68. The van der Waals surface area contributed by atoms with Gasteiger partial charge in [-0.2, -0.15) is 0 Å². The molecule has 0 aromatic heterocycles. The number of nitrogens with zero attached hydrogens (tertiary/aromatic N) is 2. The second-order valence-corrected chi connectivity index (χ2v) is 6.22. The maximum atomic E-state index is 12.0. The van der Waals surface area contributed by atoms with Gasteiger partial charge in [0.15, 0.2) is 0 Å². The van der Waals surface area contributed by atoms with Gasteiger partial charge in [0.05, 0.1) is 0 Å². The summed E-state index contributed by atoms with van der Waals surface area (Å²) in [5.74, 6) is 0.547. The van der Waals surface area contributed by atoms with Crippen molar-refractivity contribution in [3.8, 4) is 0 Å². The summed E-state index contributed by atoms with van der Waals surface area (Å²) in [7, 11) is 2.12. The van der Waals surface area contributed by atoms with Crippen LogP contribution in [0.5, 0.6) is 0 Å². The number of likely N-dealkylation sites (N-methyl/N-ethyl adjacent to an activating group) is 1. The standard InChI is InChI=1S/C13H26N2O2/c1-10(2)11-9-15(8-7-14(11)6)12(16)17-13(3,4)5/h10-11H,7-9H2,1-6H3/t11-/m0/s1. The molecule has 1 saturated heterocycles. The van der Waals surface area contributed by atoms with Crippen molar-refractivity contribution in [3.63, 3.8) is 0 Å². The minimum absolute atomic E-state index is 0.184. The summed E-state index contributed by atoms with van der Waals surface area (Å²) < 4.78 is 5.41. The van der Waals surface area contributed by atoms with E-state index >= 15 is 0 Å². The van der Waals surface area contributed by atoms with Gasteiger partial charge in [-0.3, -0.25) is 4.90 Å². The molecule has 1 heterocycles. The number of ether oxygens (including phenoxy) is 1. The molecule has 0 saturated carbocycles. The normalized spacial score (nSPS) is 23.0. The van der Waals surface area contributed by atoms with Gasteiger partial charge in [-0.1, -0.05) is 13.8 Å². The van der Waals surface area contributed by atoms with Crippen molar-refractivity contribution in [1.82, 2.24) is 9.80 Å². The molecule has 1 fully saturated rings. The monoisotopic (exact) mass is 242 g/mol. The third-order valence-electron chi connectivity index (χ3n) is 3.12. The molecule has 4 nitrogen and oxygen atoms in total. The van der Waals surface area contributed by atoms with Gasteiger partial charge in [0.1, 0.15) is 5.60 Å². The first kappa shape index (κ1) is 14.3. The van der Waals surface area contributed by atoms with E-state index in [0.29, 0.717) is 12.0 Å². The number of rotatable bonds is 1. The third kappa shape index (κ3) is 4.19. The lowest BCUT2D eigenvalue weighted by Crippen LogP contribution is -2.55. The lowest BCUT2D eigenvalue weighted by Gasteiger charge is -2.41. The van der Waals surface area contributed by atoms with Crippen LogP contribution in [0.25, 0.3) is 0 Å². The highest BCUT2D eigenvalue weighted by atomic mass is 16.6. The fourth-order valence-corrected chi connectivity index (χ4v) is 2.11. The molecule has 0 N–H and O–H groups in total. The van der Waals surface area contributed by atoms with Gasteiger partial charge in [-0.25, -0.2) is 4.79 Å². The van der Waals surface area contributed by atoms with Crippen LogP contribution in [-0.4, -0.2) is 54.2 Å². The van der Waals surface area contributed by atoms with E-state index in [1.54, 1.807) is 0 Å². The molecule has 17 heavy (non-hydrogen) atoms. The molecule has 0 bridgehead atoms. The summed E-state index contributed by atoms with van der Waals surface area (Å²) >= 11 is 0. The van der Waals surface area contributed by atoms with Crippen molar-refractivity contribution >= 4 is 6.09 Å². The zero-order chi connectivity index (χ0) is 13.2. The van der Waals surface area contributed by atoms with Crippen LogP contribution >= 0.6 is 0 Å². The van der Waals surface area contributed by atoms with E-state index < -0.39 is 5.60 Å². The van der Waals surface area contributed by atoms with Crippen LogP contribution in [-0.2, 0) is 4.74 Å². The van der Waals surface area contributed by atoms with E-state index in [4.69, 9.17) is 4.74 Å². The van der Waals surface area contributed by atoms with Crippen molar-refractivity contribution in [2.45, 2.75) is 46.3 Å². The molecule has 1 aliphatic rings. The number of hydrogen-bond donors (Lipinski definition) is 0. The molecule has 0 aliphatic carbocycles. The Morgan fingerprint density at radius 1 is 1.29 bits per heavy atom. The molecule has 0 aromatic carbocycles. The maximum Gasteiger partial charge on any atom is 0.410 e. The Hall–Kier alpha value is -0.770. The molecule has 4 heteroatoms. The van der Waals surface area contributed by atoms with Gasteiger partial charge in [0.25, 0.3) is 0 Å². The highest BCUT2D eigenvalue weighted by Crippen LogP contribution is 2.18. The van der Waals surface area contributed by atoms with Crippen molar-refractivity contribution in [2.24, 2.45) is 5.92 Å². The molecule has 0 spiro atoms. The minimum Gasteiger partial charge on any atom is -0.444 e. The lowest BCUT2D eigenvalue weighted by atomic mass is 10.0. The first-order chi connectivity index (χ1) is 7.70. The van der Waals surface area contributed by atoms with Crippen LogP contribution in [0.1, 0.15) is 34.6 Å². The molecule has 0 unspecified atom stereocenters. The van der Waals surface area contributed by atoms with E-state index in [1.165, 1.54) is 0 Å². The Kier molecular flexibility index (Phi) is 4.42. The Labute approximate surface area is 105 Å². The maximum absolute atomic E-state index is 12.0. The molecule has 0 aromatic rings. The quantitative estimate of drug-likeness (QED) is 0.706. The topological polar surface area (TPSA) is 32.8 Å². The van der Waals surface area contributed by atoms with Gasteiger partial charge < -0.3 is 9.64 Å². The highest BCUT2D eigenvalue weighted by Gasteiger charge is 2.31. The summed E-state index contributed by atoms with van der Waals surface area (Å²) in [6.45, 7) is 12.5. The fourth-order valence-electron chi connectivity index (χ4n) is 2.11. The largest absolute Gasteiger partial charge is 0.444 e. The predicted molar refractivity (Wildman–Crippen MR) is 69.1 cm³/mol. The number of carbonyl (C=O) groups is 1. The molecular weight excluding hydrogens is 216 g/mol. The number of piperazine rings is 1. The van der Waals surface area contributed by atoms with Crippen LogP contribution in [0.2, 0.25) is 0 Å². The fraction of sp³-hybridized carbons (Fsp3) is 0.923. The van der Waals surface area contributed by atoms with Crippen molar-refractivity contribution in [2.75, 3.05) is 26.7 Å². The Bertz CT molecular complexity index is 271. The van der Waals surface area contributed by atoms with Gasteiger partial charge in [-0.15, -0.1) is 0 Å². The molecular formula is C13H26N2O2. The first-order valence-corrected chi connectivity index (χ1v) is 6.39. The predicted octanol–water partition coefficient (Wildman–Crippen LogP) is 2.19.